The Morgan fingerprint density at radius 2 is 1.78 bits per heavy atom. The molecule has 3 aromatic carbocycles. The van der Waals surface area contributed by atoms with Crippen LogP contribution in [0.3, 0.4) is 0 Å². The molecule has 0 aliphatic rings. The minimum absolute atomic E-state index is 0.852. The number of hydrogen-bond acceptors (Lipinski definition) is 3. The Morgan fingerprint density at radius 1 is 1.03 bits per heavy atom. The molecular formula is C32H38N4. The van der Waals surface area contributed by atoms with E-state index in [0.717, 1.165) is 48.1 Å². The second kappa shape index (κ2) is 11.3. The molecule has 0 aliphatic carbocycles. The maximum absolute atomic E-state index is 4.67. The predicted molar refractivity (Wildman–Crippen MR) is 155 cm³/mol. The third-order valence-electron chi connectivity index (χ3n) is 6.68. The van der Waals surface area contributed by atoms with Gasteiger partial charge in [0, 0.05) is 38.1 Å². The molecule has 0 saturated carbocycles. The van der Waals surface area contributed by atoms with Gasteiger partial charge in [0.05, 0.1) is 11.0 Å². The summed E-state index contributed by atoms with van der Waals surface area (Å²) in [7, 11) is 4.00. The number of aromatic nitrogens is 2. The lowest BCUT2D eigenvalue weighted by Gasteiger charge is -2.27. The van der Waals surface area contributed by atoms with Gasteiger partial charge in [0.15, 0.2) is 0 Å². The molecule has 36 heavy (non-hydrogen) atoms. The molecule has 4 heteroatoms. The minimum atomic E-state index is 0.852. The third kappa shape index (κ3) is 5.54. The highest BCUT2D eigenvalue weighted by atomic mass is 15.2. The Bertz CT molecular complexity index is 1480. The van der Waals surface area contributed by atoms with Crippen LogP contribution in [0.4, 0.5) is 5.95 Å². The molecule has 1 N–H and O–H groups in total. The summed E-state index contributed by atoms with van der Waals surface area (Å²) in [6.45, 7) is 12.7. The summed E-state index contributed by atoms with van der Waals surface area (Å²) >= 11 is 0. The van der Waals surface area contributed by atoms with E-state index >= 15 is 0 Å². The van der Waals surface area contributed by atoms with E-state index in [9.17, 15) is 0 Å². The summed E-state index contributed by atoms with van der Waals surface area (Å²) in [5.41, 5.74) is 8.33. The van der Waals surface area contributed by atoms with Crippen molar-refractivity contribution in [3.05, 3.63) is 94.4 Å². The number of hydrogen-bond donors (Lipinski definition) is 1. The van der Waals surface area contributed by atoms with Crippen LogP contribution in [0.15, 0.2) is 72.8 Å². The highest BCUT2D eigenvalue weighted by Gasteiger charge is 2.13. The average molecular weight is 479 g/mol. The number of anilines is 1. The van der Waals surface area contributed by atoms with Gasteiger partial charge in [-0.3, -0.25) is 0 Å². The van der Waals surface area contributed by atoms with Gasteiger partial charge in [-0.15, -0.1) is 0 Å². The van der Waals surface area contributed by atoms with Crippen molar-refractivity contribution in [3.8, 4) is 11.1 Å². The molecule has 0 radical (unpaired) electrons. The first-order valence-corrected chi connectivity index (χ1v) is 12.8. The smallest absolute Gasteiger partial charge is 0.203 e. The first-order valence-electron chi connectivity index (χ1n) is 12.8. The summed E-state index contributed by atoms with van der Waals surface area (Å²) in [4.78, 5) is 12.6. The normalized spacial score (nSPS) is 12.4. The van der Waals surface area contributed by atoms with Gasteiger partial charge >= 0.3 is 0 Å². The zero-order chi connectivity index (χ0) is 25.7. The SMILES string of the molecule is C=c1cccc/c1=C(/C=CC)N(CCCC)Cc1cc(-c2ccc3nc(N(C)C)[nH]c3c2)ccc1C. The molecule has 1 heterocycles. The number of fused-ring (bicyclic) bond motifs is 1. The predicted octanol–water partition coefficient (Wildman–Crippen LogP) is 6.00. The van der Waals surface area contributed by atoms with Gasteiger partial charge in [0.25, 0.3) is 0 Å². The molecular weight excluding hydrogens is 440 g/mol. The number of nitrogens with one attached hydrogen (secondary N) is 1. The van der Waals surface area contributed by atoms with Crippen LogP contribution >= 0.6 is 0 Å². The summed E-state index contributed by atoms with van der Waals surface area (Å²) < 4.78 is 0. The van der Waals surface area contributed by atoms with Gasteiger partial charge in [-0.1, -0.05) is 68.5 Å². The van der Waals surface area contributed by atoms with Crippen LogP contribution in [0.2, 0.25) is 0 Å². The zero-order valence-corrected chi connectivity index (χ0v) is 22.3. The van der Waals surface area contributed by atoms with Crippen LogP contribution in [0.25, 0.3) is 34.4 Å². The standard InChI is InChI=1S/C32H38N4/c1-7-9-19-36(31(12-8-2)28-14-11-10-13-24(28)4)22-27-20-25(16-15-23(27)3)26-17-18-29-30(21-26)34-32(33-29)35(5)6/h8,10-18,20-21H,4,7,9,19,22H2,1-3,5-6H3,(H,33,34)/b12-8?,31-28+. The van der Waals surface area contributed by atoms with Crippen LogP contribution in [0.5, 0.6) is 0 Å². The molecule has 0 fully saturated rings. The number of nitrogens with zero attached hydrogens (tertiary/aromatic N) is 3. The first-order chi connectivity index (χ1) is 17.4. The first kappa shape index (κ1) is 25.3. The molecule has 0 saturated heterocycles. The molecule has 1 aromatic heterocycles. The van der Waals surface area contributed by atoms with Crippen molar-refractivity contribution in [2.24, 2.45) is 0 Å². The van der Waals surface area contributed by atoms with Crippen molar-refractivity contribution in [3.63, 3.8) is 0 Å². The van der Waals surface area contributed by atoms with Gasteiger partial charge in [-0.25, -0.2) is 4.98 Å². The fourth-order valence-corrected chi connectivity index (χ4v) is 4.54. The fraction of sp³-hybridized carbons (Fsp3) is 0.281. The Morgan fingerprint density at radius 3 is 2.50 bits per heavy atom. The van der Waals surface area contributed by atoms with Crippen molar-refractivity contribution in [2.45, 2.75) is 40.2 Å². The largest absolute Gasteiger partial charge is 0.367 e. The molecule has 4 nitrogen and oxygen atoms in total. The summed E-state index contributed by atoms with van der Waals surface area (Å²) in [5, 5.41) is 2.25. The lowest BCUT2D eigenvalue weighted by atomic mass is 9.98. The van der Waals surface area contributed by atoms with Gasteiger partial charge in [0.1, 0.15) is 0 Å². The Hall–Kier alpha value is -3.79. The topological polar surface area (TPSA) is 35.2 Å². The number of allylic oxidation sites excluding steroid dienone is 1. The van der Waals surface area contributed by atoms with Gasteiger partial charge in [-0.2, -0.15) is 0 Å². The van der Waals surface area contributed by atoms with Crippen LogP contribution in [-0.4, -0.2) is 35.5 Å². The highest BCUT2D eigenvalue weighted by molar-refractivity contribution is 5.83. The third-order valence-corrected chi connectivity index (χ3v) is 6.68. The Kier molecular flexibility index (Phi) is 7.94. The van der Waals surface area contributed by atoms with Gasteiger partial charge in [0.2, 0.25) is 5.95 Å². The molecule has 0 aliphatic heterocycles. The second-order valence-electron chi connectivity index (χ2n) is 9.65. The molecule has 0 unspecified atom stereocenters. The van der Waals surface area contributed by atoms with Gasteiger partial charge < -0.3 is 14.8 Å². The molecule has 0 bridgehead atoms. The summed E-state index contributed by atoms with van der Waals surface area (Å²) in [6.07, 6.45) is 6.66. The van der Waals surface area contributed by atoms with E-state index in [4.69, 9.17) is 0 Å². The van der Waals surface area contributed by atoms with Crippen LogP contribution in [0.1, 0.15) is 37.8 Å². The summed E-state index contributed by atoms with van der Waals surface area (Å²) in [6, 6.07) is 21.7. The molecule has 0 amide bonds. The number of aryl methyl sites for hydroxylation is 1. The van der Waals surface area contributed by atoms with Crippen LogP contribution in [0, 0.1) is 6.92 Å². The lowest BCUT2D eigenvalue weighted by molar-refractivity contribution is 0.380. The highest BCUT2D eigenvalue weighted by Crippen LogP contribution is 2.28. The van der Waals surface area contributed by atoms with E-state index in [1.807, 2.05) is 19.0 Å². The summed E-state index contributed by atoms with van der Waals surface area (Å²) in [5.74, 6) is 0.871. The van der Waals surface area contributed by atoms with Crippen molar-refractivity contribution in [1.82, 2.24) is 14.9 Å². The minimum Gasteiger partial charge on any atom is -0.367 e. The molecule has 186 valence electrons. The second-order valence-corrected chi connectivity index (χ2v) is 9.65. The van der Waals surface area contributed by atoms with E-state index in [2.05, 4.69) is 115 Å². The zero-order valence-electron chi connectivity index (χ0n) is 22.3. The fourth-order valence-electron chi connectivity index (χ4n) is 4.54. The van der Waals surface area contributed by atoms with E-state index < -0.39 is 0 Å². The molecule has 0 spiro atoms. The molecule has 4 aromatic rings. The molecule has 0 atom stereocenters. The maximum Gasteiger partial charge on any atom is 0.203 e. The van der Waals surface area contributed by atoms with Crippen molar-refractivity contribution >= 4 is 29.3 Å². The van der Waals surface area contributed by atoms with E-state index in [1.165, 1.54) is 33.2 Å². The van der Waals surface area contributed by atoms with Crippen molar-refractivity contribution in [2.75, 3.05) is 25.5 Å². The van der Waals surface area contributed by atoms with E-state index in [1.54, 1.807) is 0 Å². The average Bonchev–Trinajstić information content (AvgIpc) is 3.31. The van der Waals surface area contributed by atoms with Crippen LogP contribution < -0.4 is 15.3 Å². The van der Waals surface area contributed by atoms with Gasteiger partial charge in [-0.05, 0) is 72.0 Å². The van der Waals surface area contributed by atoms with Crippen molar-refractivity contribution < 1.29 is 0 Å². The monoisotopic (exact) mass is 478 g/mol. The maximum atomic E-state index is 4.67. The van der Waals surface area contributed by atoms with Crippen molar-refractivity contribution in [1.29, 1.82) is 0 Å². The Labute approximate surface area is 215 Å². The number of H-pyrrole nitrogens is 1. The number of aromatic amines is 1. The number of benzene rings is 3. The van der Waals surface area contributed by atoms with E-state index in [-0.39, 0.29) is 0 Å². The lowest BCUT2D eigenvalue weighted by Crippen LogP contribution is -2.33. The quantitative estimate of drug-likeness (QED) is 0.320. The van der Waals surface area contributed by atoms with E-state index in [0.29, 0.717) is 0 Å². The Balaban J connectivity index is 1.75. The number of rotatable bonds is 9. The number of unbranched alkanes of at least 4 members (excludes halogenated alkanes) is 1. The van der Waals surface area contributed by atoms with Crippen LogP contribution in [-0.2, 0) is 6.54 Å². The molecule has 4 rings (SSSR count). The number of imidazole rings is 1.